The van der Waals surface area contributed by atoms with Crippen molar-refractivity contribution < 1.29 is 8.83 Å². The Balaban J connectivity index is 0.798. The minimum Gasteiger partial charge on any atom is -0.436 e. The molecule has 4 heterocycles. The Hall–Kier alpha value is -8.36. The summed E-state index contributed by atoms with van der Waals surface area (Å²) in [4.78, 5) is 9.80. The Morgan fingerprint density at radius 3 is 1.08 bits per heavy atom. The molecule has 0 spiro atoms. The van der Waals surface area contributed by atoms with Gasteiger partial charge in [-0.05, 0) is 142 Å². The van der Waals surface area contributed by atoms with E-state index >= 15 is 0 Å². The first-order chi connectivity index (χ1) is 35.7. The maximum Gasteiger partial charge on any atom is 0.227 e. The molecule has 0 fully saturated rings. The number of aryl methyl sites for hydroxylation is 2. The lowest BCUT2D eigenvalue weighted by Gasteiger charge is -2.25. The van der Waals surface area contributed by atoms with Crippen LogP contribution in [0.5, 0.6) is 0 Å². The molecule has 2 unspecified atom stereocenters. The van der Waals surface area contributed by atoms with Gasteiger partial charge in [0.1, 0.15) is 11.0 Å². The molecular weight excluding hydrogens is 909 g/mol. The highest BCUT2D eigenvalue weighted by molar-refractivity contribution is 6.04. The maximum absolute atomic E-state index is 6.26. The van der Waals surface area contributed by atoms with Crippen LogP contribution in [0.25, 0.3) is 56.2 Å². The van der Waals surface area contributed by atoms with E-state index in [4.69, 9.17) is 29.0 Å². The van der Waals surface area contributed by atoms with E-state index in [1.165, 1.54) is 33.4 Å². The number of nitrogens with zero attached hydrogens (tertiary/aromatic N) is 6. The van der Waals surface area contributed by atoms with Gasteiger partial charge >= 0.3 is 0 Å². The van der Waals surface area contributed by atoms with Crippen molar-refractivity contribution in [3.8, 4) is 34.0 Å². The van der Waals surface area contributed by atoms with Crippen LogP contribution in [0.4, 0.5) is 11.4 Å². The van der Waals surface area contributed by atoms with Crippen LogP contribution in [0.15, 0.2) is 201 Å². The molecule has 10 aromatic rings. The average Bonchev–Trinajstić information content (AvgIpc) is 4.24. The number of benzene rings is 8. The Kier molecular flexibility index (Phi) is 11.5. The highest BCUT2D eigenvalue weighted by atomic mass is 16.4. The molecule has 2 aliphatic rings. The van der Waals surface area contributed by atoms with Crippen molar-refractivity contribution in [3.63, 3.8) is 0 Å². The topological polar surface area (TPSA) is 83.3 Å². The van der Waals surface area contributed by atoms with Gasteiger partial charge in [0, 0.05) is 24.0 Å². The molecule has 0 bridgehead atoms. The fourth-order valence-corrected chi connectivity index (χ4v) is 10.2. The van der Waals surface area contributed by atoms with Crippen LogP contribution in [-0.2, 0) is 10.8 Å². The molecule has 366 valence electrons. The third-order valence-electron chi connectivity index (χ3n) is 14.8. The van der Waals surface area contributed by atoms with Crippen LogP contribution in [-0.4, -0.2) is 21.4 Å². The van der Waals surface area contributed by atoms with Gasteiger partial charge in [-0.3, -0.25) is 10.0 Å². The summed E-state index contributed by atoms with van der Waals surface area (Å²) in [6.45, 7) is 17.5. The normalized spacial score (nSPS) is 16.1. The number of hydrazone groups is 2. The number of hydrogen-bond donors (Lipinski definition) is 0. The standard InChI is InChI=1S/C66H60N6O2/c1-41-9-13-45(14-10-41)55-39-59(71(69-55)53-31-25-49(26-32-53)63-67-57-37-51(65(3,4)5)29-35-61(57)73-63)47-21-17-43(18-22-47)44-19-23-48(24-20-44)60-40-56(46-15-11-42(2)12-16-46)70-72(60)54-33-27-50(28-34-54)64-68-58-38-52(66(6,7)8)30-36-62(58)74-64/h9-38,59-60H,39-40H2,1-8H3. The van der Waals surface area contributed by atoms with Crippen LogP contribution in [0.2, 0.25) is 0 Å². The Morgan fingerprint density at radius 2 is 0.730 bits per heavy atom. The highest BCUT2D eigenvalue weighted by Crippen LogP contribution is 2.41. The maximum atomic E-state index is 6.26. The van der Waals surface area contributed by atoms with E-state index < -0.39 is 0 Å². The molecule has 0 radical (unpaired) electrons. The summed E-state index contributed by atoms with van der Waals surface area (Å²) in [6, 6.07) is 64.9. The number of hydrogen-bond acceptors (Lipinski definition) is 8. The van der Waals surface area contributed by atoms with Crippen molar-refractivity contribution >= 4 is 45.0 Å². The lowest BCUT2D eigenvalue weighted by molar-refractivity contribution is 0.589. The van der Waals surface area contributed by atoms with Crippen molar-refractivity contribution in [2.75, 3.05) is 10.0 Å². The number of rotatable bonds is 9. The SMILES string of the molecule is Cc1ccc(C2=NN(c3ccc(-c4nc5cc(C(C)(C)C)ccc5o4)cc3)C(c3ccc(-c4ccc(C5CC(c6ccc(C)cc6)=NN5c5ccc(-c6nc7cc(C(C)(C)C)ccc7o6)cc5)cc4)cc3)C2)cc1. The van der Waals surface area contributed by atoms with Crippen molar-refractivity contribution in [1.29, 1.82) is 0 Å². The third-order valence-corrected chi connectivity index (χ3v) is 14.8. The zero-order valence-electron chi connectivity index (χ0n) is 43.4. The van der Waals surface area contributed by atoms with Gasteiger partial charge in [0.15, 0.2) is 11.2 Å². The van der Waals surface area contributed by atoms with Crippen molar-refractivity contribution in [2.24, 2.45) is 10.2 Å². The van der Waals surface area contributed by atoms with Gasteiger partial charge in [0.05, 0.1) is 34.9 Å². The number of oxazole rings is 2. The van der Waals surface area contributed by atoms with Gasteiger partial charge < -0.3 is 8.83 Å². The lowest BCUT2D eigenvalue weighted by atomic mass is 9.87. The molecule has 12 rings (SSSR count). The molecule has 74 heavy (non-hydrogen) atoms. The van der Waals surface area contributed by atoms with Crippen LogP contribution < -0.4 is 10.0 Å². The molecule has 0 N–H and O–H groups in total. The Morgan fingerprint density at radius 1 is 0.392 bits per heavy atom. The van der Waals surface area contributed by atoms with Crippen LogP contribution >= 0.6 is 0 Å². The molecule has 0 saturated carbocycles. The molecule has 8 nitrogen and oxygen atoms in total. The molecule has 2 aliphatic heterocycles. The van der Waals surface area contributed by atoms with E-state index in [0.29, 0.717) is 11.8 Å². The molecule has 2 aromatic heterocycles. The molecule has 0 amide bonds. The van der Waals surface area contributed by atoms with E-state index in [-0.39, 0.29) is 22.9 Å². The van der Waals surface area contributed by atoms with E-state index in [1.807, 2.05) is 12.1 Å². The quantitative estimate of drug-likeness (QED) is 0.143. The summed E-state index contributed by atoms with van der Waals surface area (Å²) in [5, 5.41) is 14.9. The zero-order valence-corrected chi connectivity index (χ0v) is 43.4. The van der Waals surface area contributed by atoms with Crippen molar-refractivity contribution in [1.82, 2.24) is 9.97 Å². The molecule has 0 saturated heterocycles. The van der Waals surface area contributed by atoms with Gasteiger partial charge in [0.2, 0.25) is 11.8 Å². The number of fused-ring (bicyclic) bond motifs is 2. The molecular formula is C66H60N6O2. The fourth-order valence-electron chi connectivity index (χ4n) is 10.2. The zero-order chi connectivity index (χ0) is 50.9. The highest BCUT2D eigenvalue weighted by Gasteiger charge is 2.32. The predicted octanol–water partition coefficient (Wildman–Crippen LogP) is 16.9. The minimum atomic E-state index is 0.00971. The summed E-state index contributed by atoms with van der Waals surface area (Å²) in [5.41, 5.74) is 21.3. The molecule has 8 aromatic carbocycles. The van der Waals surface area contributed by atoms with Crippen molar-refractivity contribution in [3.05, 3.63) is 226 Å². The van der Waals surface area contributed by atoms with Gasteiger partial charge in [-0.25, -0.2) is 9.97 Å². The van der Waals surface area contributed by atoms with E-state index in [2.05, 4.69) is 235 Å². The second-order valence-electron chi connectivity index (χ2n) is 22.2. The monoisotopic (exact) mass is 968 g/mol. The number of anilines is 2. The van der Waals surface area contributed by atoms with E-state index in [0.717, 1.165) is 91.2 Å². The fraction of sp³-hybridized carbons (Fsp3) is 0.212. The van der Waals surface area contributed by atoms with Crippen LogP contribution in [0.1, 0.15) is 111 Å². The first kappa shape index (κ1) is 46.7. The van der Waals surface area contributed by atoms with Crippen LogP contribution in [0.3, 0.4) is 0 Å². The third kappa shape index (κ3) is 9.10. The summed E-state index contributed by atoms with van der Waals surface area (Å²) in [6.07, 6.45) is 1.56. The van der Waals surface area contributed by atoms with Crippen molar-refractivity contribution in [2.45, 2.75) is 91.1 Å². The molecule has 0 aliphatic carbocycles. The lowest BCUT2D eigenvalue weighted by Crippen LogP contribution is -2.18. The number of aromatic nitrogens is 2. The Bertz CT molecular complexity index is 3490. The first-order valence-corrected chi connectivity index (χ1v) is 25.8. The van der Waals surface area contributed by atoms with Gasteiger partial charge in [0.25, 0.3) is 0 Å². The molecule has 2 atom stereocenters. The van der Waals surface area contributed by atoms with E-state index in [1.54, 1.807) is 0 Å². The largest absolute Gasteiger partial charge is 0.436 e. The second kappa shape index (κ2) is 18.3. The predicted molar refractivity (Wildman–Crippen MR) is 303 cm³/mol. The van der Waals surface area contributed by atoms with Gasteiger partial charge in [-0.1, -0.05) is 162 Å². The summed E-state index contributed by atoms with van der Waals surface area (Å²) in [5.74, 6) is 1.23. The summed E-state index contributed by atoms with van der Waals surface area (Å²) in [7, 11) is 0. The smallest absolute Gasteiger partial charge is 0.227 e. The Labute approximate surface area is 433 Å². The average molecular weight is 969 g/mol. The van der Waals surface area contributed by atoms with Gasteiger partial charge in [-0.2, -0.15) is 10.2 Å². The van der Waals surface area contributed by atoms with Crippen LogP contribution in [0, 0.1) is 13.8 Å². The summed E-state index contributed by atoms with van der Waals surface area (Å²) >= 11 is 0. The van der Waals surface area contributed by atoms with E-state index in [9.17, 15) is 0 Å². The molecule has 8 heteroatoms. The minimum absolute atomic E-state index is 0.00971. The van der Waals surface area contributed by atoms with Gasteiger partial charge in [-0.15, -0.1) is 0 Å². The summed E-state index contributed by atoms with van der Waals surface area (Å²) < 4.78 is 12.5. The first-order valence-electron chi connectivity index (χ1n) is 25.8. The second-order valence-corrected chi connectivity index (χ2v) is 22.2.